The third-order valence-corrected chi connectivity index (χ3v) is 3.43. The summed E-state index contributed by atoms with van der Waals surface area (Å²) in [6.45, 7) is 6.37. The van der Waals surface area contributed by atoms with Crippen molar-refractivity contribution in [2.24, 2.45) is 11.8 Å². The summed E-state index contributed by atoms with van der Waals surface area (Å²) in [5.74, 6) is 0.321. The molecule has 0 unspecified atom stereocenters. The molecule has 0 spiro atoms. The smallest absolute Gasteiger partial charge is 0.309 e. The largest absolute Gasteiger partial charge is 0.469 e. The Balaban J connectivity index is 2.51. The molecule has 0 amide bonds. The molecule has 1 rings (SSSR count). The van der Waals surface area contributed by atoms with Crippen molar-refractivity contribution in [2.45, 2.75) is 46.5 Å². The maximum atomic E-state index is 11.5. The van der Waals surface area contributed by atoms with Gasteiger partial charge in [0.05, 0.1) is 13.0 Å². The first-order valence-corrected chi connectivity index (χ1v) is 6.45. The van der Waals surface area contributed by atoms with Crippen LogP contribution in [0.2, 0.25) is 0 Å². The van der Waals surface area contributed by atoms with Crippen LogP contribution in [-0.2, 0) is 9.53 Å². The number of allylic oxidation sites excluding steroid dienone is 4. The number of carbonyl (C=O) groups excluding carboxylic acids is 1. The summed E-state index contributed by atoms with van der Waals surface area (Å²) in [4.78, 5) is 11.5. The van der Waals surface area contributed by atoms with Gasteiger partial charge < -0.3 is 4.74 Å². The summed E-state index contributed by atoms with van der Waals surface area (Å²) in [6.07, 6.45) is 8.77. The fourth-order valence-corrected chi connectivity index (χ4v) is 2.41. The van der Waals surface area contributed by atoms with Crippen LogP contribution in [0.5, 0.6) is 0 Å². The van der Waals surface area contributed by atoms with Crippen molar-refractivity contribution in [3.63, 3.8) is 0 Å². The highest BCUT2D eigenvalue weighted by molar-refractivity contribution is 5.73. The van der Waals surface area contributed by atoms with E-state index in [4.69, 9.17) is 4.74 Å². The molecule has 2 nitrogen and oxygen atoms in total. The molecule has 0 saturated heterocycles. The standard InChI is InChI=1S/C15H24O2/c1-11(2)6-5-7-13-8-9-14(12(3)10-13)15(16)17-4/h6,10,12,14H,5,7-9H2,1-4H3/t12-,14+/m0/s1. The van der Waals surface area contributed by atoms with Gasteiger partial charge in [-0.1, -0.05) is 30.2 Å². The molecule has 0 N–H and O–H groups in total. The van der Waals surface area contributed by atoms with E-state index in [9.17, 15) is 4.79 Å². The number of methoxy groups -OCH3 is 1. The van der Waals surface area contributed by atoms with E-state index in [0.29, 0.717) is 5.92 Å². The van der Waals surface area contributed by atoms with Crippen molar-refractivity contribution in [1.29, 1.82) is 0 Å². The number of hydrogen-bond donors (Lipinski definition) is 0. The fraction of sp³-hybridized carbons (Fsp3) is 0.667. The quantitative estimate of drug-likeness (QED) is 0.547. The number of hydrogen-bond acceptors (Lipinski definition) is 2. The molecule has 1 aliphatic rings. The lowest BCUT2D eigenvalue weighted by Crippen LogP contribution is -2.25. The molecule has 1 aliphatic carbocycles. The summed E-state index contributed by atoms with van der Waals surface area (Å²) in [5, 5.41) is 0. The van der Waals surface area contributed by atoms with Crippen molar-refractivity contribution in [3.05, 3.63) is 23.3 Å². The predicted octanol–water partition coefficient (Wildman–Crippen LogP) is 3.88. The average Bonchev–Trinajstić information content (AvgIpc) is 2.28. The molecule has 2 heteroatoms. The zero-order valence-corrected chi connectivity index (χ0v) is 11.5. The Labute approximate surface area is 105 Å². The van der Waals surface area contributed by atoms with Gasteiger partial charge in [0, 0.05) is 0 Å². The summed E-state index contributed by atoms with van der Waals surface area (Å²) in [5.41, 5.74) is 2.87. The highest BCUT2D eigenvalue weighted by atomic mass is 16.5. The Bertz CT molecular complexity index is 322. The SMILES string of the molecule is COC(=O)[C@@H]1CCC(CCC=C(C)C)=C[C@@H]1C. The van der Waals surface area contributed by atoms with Crippen molar-refractivity contribution >= 4 is 5.97 Å². The van der Waals surface area contributed by atoms with E-state index in [0.717, 1.165) is 25.7 Å². The normalized spacial score (nSPS) is 23.9. The van der Waals surface area contributed by atoms with Crippen LogP contribution in [0.15, 0.2) is 23.3 Å². The summed E-state index contributed by atoms with van der Waals surface area (Å²) >= 11 is 0. The predicted molar refractivity (Wildman–Crippen MR) is 70.7 cm³/mol. The van der Waals surface area contributed by atoms with Gasteiger partial charge in [0.1, 0.15) is 0 Å². The monoisotopic (exact) mass is 236 g/mol. The Morgan fingerprint density at radius 1 is 1.53 bits per heavy atom. The van der Waals surface area contributed by atoms with Gasteiger partial charge in [-0.15, -0.1) is 0 Å². The van der Waals surface area contributed by atoms with Crippen LogP contribution in [0, 0.1) is 11.8 Å². The lowest BCUT2D eigenvalue weighted by atomic mass is 9.80. The Kier molecular flexibility index (Phi) is 5.46. The van der Waals surface area contributed by atoms with E-state index in [-0.39, 0.29) is 11.9 Å². The maximum Gasteiger partial charge on any atom is 0.309 e. The summed E-state index contributed by atoms with van der Waals surface area (Å²) < 4.78 is 4.83. The van der Waals surface area contributed by atoms with E-state index in [2.05, 4.69) is 32.9 Å². The molecular weight excluding hydrogens is 212 g/mol. The van der Waals surface area contributed by atoms with Crippen LogP contribution in [0.4, 0.5) is 0 Å². The van der Waals surface area contributed by atoms with Crippen LogP contribution in [0.25, 0.3) is 0 Å². The van der Waals surface area contributed by atoms with Crippen molar-refractivity contribution < 1.29 is 9.53 Å². The Morgan fingerprint density at radius 2 is 2.24 bits per heavy atom. The molecule has 0 saturated carbocycles. The summed E-state index contributed by atoms with van der Waals surface area (Å²) in [6, 6.07) is 0. The van der Waals surface area contributed by atoms with Crippen molar-refractivity contribution in [1.82, 2.24) is 0 Å². The molecule has 0 aliphatic heterocycles. The molecule has 0 bridgehead atoms. The third kappa shape index (κ3) is 4.37. The number of rotatable bonds is 4. The highest BCUT2D eigenvalue weighted by Crippen LogP contribution is 2.31. The molecular formula is C15H24O2. The zero-order chi connectivity index (χ0) is 12.8. The van der Waals surface area contributed by atoms with Gasteiger partial charge in [0.25, 0.3) is 0 Å². The van der Waals surface area contributed by atoms with Gasteiger partial charge in [0.2, 0.25) is 0 Å². The van der Waals surface area contributed by atoms with Gasteiger partial charge in [-0.3, -0.25) is 4.79 Å². The second-order valence-corrected chi connectivity index (χ2v) is 5.17. The van der Waals surface area contributed by atoms with Gasteiger partial charge in [-0.05, 0) is 45.4 Å². The first-order chi connectivity index (χ1) is 8.04. The first-order valence-electron chi connectivity index (χ1n) is 6.45. The number of carbonyl (C=O) groups is 1. The second kappa shape index (κ2) is 6.63. The minimum Gasteiger partial charge on any atom is -0.469 e. The van der Waals surface area contributed by atoms with Crippen LogP contribution >= 0.6 is 0 Å². The van der Waals surface area contributed by atoms with Gasteiger partial charge in [-0.25, -0.2) is 0 Å². The van der Waals surface area contributed by atoms with Crippen LogP contribution in [-0.4, -0.2) is 13.1 Å². The summed E-state index contributed by atoms with van der Waals surface area (Å²) in [7, 11) is 1.48. The molecule has 0 aromatic carbocycles. The molecule has 0 heterocycles. The Hall–Kier alpha value is -1.05. The van der Waals surface area contributed by atoms with E-state index in [1.54, 1.807) is 0 Å². The number of esters is 1. The maximum absolute atomic E-state index is 11.5. The van der Waals surface area contributed by atoms with Gasteiger partial charge >= 0.3 is 5.97 Å². The molecule has 0 radical (unpaired) electrons. The minimum atomic E-state index is -0.0582. The van der Waals surface area contributed by atoms with E-state index >= 15 is 0 Å². The lowest BCUT2D eigenvalue weighted by Gasteiger charge is -2.25. The van der Waals surface area contributed by atoms with Crippen molar-refractivity contribution in [2.75, 3.05) is 7.11 Å². The first kappa shape index (κ1) is 14.0. The molecule has 96 valence electrons. The third-order valence-electron chi connectivity index (χ3n) is 3.43. The highest BCUT2D eigenvalue weighted by Gasteiger charge is 2.27. The van der Waals surface area contributed by atoms with Crippen LogP contribution in [0.3, 0.4) is 0 Å². The second-order valence-electron chi connectivity index (χ2n) is 5.17. The minimum absolute atomic E-state index is 0.0582. The fourth-order valence-electron chi connectivity index (χ4n) is 2.41. The van der Waals surface area contributed by atoms with E-state index < -0.39 is 0 Å². The number of ether oxygens (including phenoxy) is 1. The molecule has 0 fully saturated rings. The van der Waals surface area contributed by atoms with Crippen LogP contribution in [0.1, 0.15) is 46.5 Å². The van der Waals surface area contributed by atoms with E-state index in [1.165, 1.54) is 18.3 Å². The average molecular weight is 236 g/mol. The zero-order valence-electron chi connectivity index (χ0n) is 11.5. The molecule has 17 heavy (non-hydrogen) atoms. The molecule has 0 aromatic heterocycles. The van der Waals surface area contributed by atoms with Crippen molar-refractivity contribution in [3.8, 4) is 0 Å². The van der Waals surface area contributed by atoms with Gasteiger partial charge in [0.15, 0.2) is 0 Å². The van der Waals surface area contributed by atoms with Gasteiger partial charge in [-0.2, -0.15) is 0 Å². The molecule has 0 aromatic rings. The topological polar surface area (TPSA) is 26.3 Å². The van der Waals surface area contributed by atoms with Crippen LogP contribution < -0.4 is 0 Å². The van der Waals surface area contributed by atoms with E-state index in [1.807, 2.05) is 0 Å². The lowest BCUT2D eigenvalue weighted by molar-refractivity contribution is -0.147. The Morgan fingerprint density at radius 3 is 2.76 bits per heavy atom. The molecule has 2 atom stereocenters.